The van der Waals surface area contributed by atoms with Crippen LogP contribution in [0.4, 0.5) is 0 Å². The highest BCUT2D eigenvalue weighted by Gasteiger charge is 2.36. The van der Waals surface area contributed by atoms with E-state index in [9.17, 15) is 4.79 Å². The van der Waals surface area contributed by atoms with Gasteiger partial charge in [0.25, 0.3) is 5.91 Å². The molecular formula is C25H29N5O2S2. The Bertz CT molecular complexity index is 1200. The van der Waals surface area contributed by atoms with Gasteiger partial charge in [-0.05, 0) is 47.4 Å². The van der Waals surface area contributed by atoms with Crippen molar-refractivity contribution in [2.75, 3.05) is 5.75 Å². The molecule has 0 saturated carbocycles. The predicted octanol–water partition coefficient (Wildman–Crippen LogP) is 5.43. The average molecular weight is 496 g/mol. The minimum atomic E-state index is -0.301. The number of hydrogen-bond donors (Lipinski definition) is 0. The van der Waals surface area contributed by atoms with Crippen LogP contribution in [0.25, 0.3) is 0 Å². The molecule has 2 aromatic rings. The first-order chi connectivity index (χ1) is 16.2. The average Bonchev–Trinajstić information content (AvgIpc) is 3.30. The molecule has 0 radical (unpaired) electrons. The molecule has 2 aliphatic heterocycles. The molecule has 9 heteroatoms. The molecule has 4 rings (SSSR count). The van der Waals surface area contributed by atoms with Crippen LogP contribution in [-0.4, -0.2) is 37.3 Å². The van der Waals surface area contributed by atoms with Crippen LogP contribution in [0.3, 0.4) is 0 Å². The topological polar surface area (TPSA) is 81.7 Å². The number of aromatic nitrogens is 3. The summed E-state index contributed by atoms with van der Waals surface area (Å²) in [6, 6.07) is 8.14. The minimum absolute atomic E-state index is 0.0956. The standard InChI is InChI=1S/C25H29N5O2S2/c1-7-12-30-20(13-32-18-10-8-17(9-11-18)25(4,5)6)28-29-24(30)33-14-19-26-22(31)21-15(2)16(3)34-23(21)27-19/h7-11,21H,1,12-14H2,2-6H3. The van der Waals surface area contributed by atoms with E-state index < -0.39 is 0 Å². The number of ether oxygens (including phenoxy) is 1. The molecule has 2 aliphatic rings. The van der Waals surface area contributed by atoms with Gasteiger partial charge < -0.3 is 4.74 Å². The van der Waals surface area contributed by atoms with E-state index in [0.717, 1.165) is 21.3 Å². The Morgan fingerprint density at radius 1 is 1.18 bits per heavy atom. The van der Waals surface area contributed by atoms with E-state index in [4.69, 9.17) is 4.74 Å². The number of carbonyl (C=O) groups is 1. The Morgan fingerprint density at radius 2 is 1.91 bits per heavy atom. The maximum absolute atomic E-state index is 12.5. The van der Waals surface area contributed by atoms with Crippen LogP contribution in [0.15, 0.2) is 62.5 Å². The van der Waals surface area contributed by atoms with Gasteiger partial charge in [0.2, 0.25) is 0 Å². The van der Waals surface area contributed by atoms with Crippen molar-refractivity contribution in [3.05, 3.63) is 58.8 Å². The highest BCUT2D eigenvalue weighted by Crippen LogP contribution is 2.40. The summed E-state index contributed by atoms with van der Waals surface area (Å²) >= 11 is 3.02. The van der Waals surface area contributed by atoms with E-state index in [1.807, 2.05) is 30.5 Å². The third kappa shape index (κ3) is 5.20. The fourth-order valence-corrected chi connectivity index (χ4v) is 5.61. The third-order valence-electron chi connectivity index (χ3n) is 5.74. The van der Waals surface area contributed by atoms with Gasteiger partial charge in [-0.15, -0.1) is 16.8 Å². The Labute approximate surface area is 208 Å². The van der Waals surface area contributed by atoms with Crippen LogP contribution in [0, 0.1) is 5.92 Å². The molecule has 0 fully saturated rings. The van der Waals surface area contributed by atoms with Gasteiger partial charge in [0.15, 0.2) is 11.0 Å². The van der Waals surface area contributed by atoms with Crippen molar-refractivity contribution < 1.29 is 9.53 Å². The molecule has 7 nitrogen and oxygen atoms in total. The van der Waals surface area contributed by atoms with Crippen molar-refractivity contribution in [3.8, 4) is 5.75 Å². The van der Waals surface area contributed by atoms with Crippen molar-refractivity contribution in [3.63, 3.8) is 0 Å². The van der Waals surface area contributed by atoms with E-state index in [1.165, 1.54) is 17.3 Å². The lowest BCUT2D eigenvalue weighted by Gasteiger charge is -2.19. The molecular weight excluding hydrogens is 466 g/mol. The maximum atomic E-state index is 12.5. The van der Waals surface area contributed by atoms with Crippen molar-refractivity contribution >= 4 is 40.3 Å². The number of thioether (sulfide) groups is 2. The van der Waals surface area contributed by atoms with Crippen LogP contribution in [0.5, 0.6) is 5.75 Å². The molecule has 1 unspecified atom stereocenters. The van der Waals surface area contributed by atoms with Crippen molar-refractivity contribution in [1.29, 1.82) is 0 Å². The van der Waals surface area contributed by atoms with Crippen molar-refractivity contribution in [1.82, 2.24) is 14.8 Å². The first kappa shape index (κ1) is 24.5. The summed E-state index contributed by atoms with van der Waals surface area (Å²) in [6.07, 6.45) is 1.80. The SMILES string of the molecule is C=CCn1c(COc2ccc(C(C)(C)C)cc2)nnc1SCC1=NC(=O)C2C(=N1)SC(C)=C2C. The van der Waals surface area contributed by atoms with Gasteiger partial charge in [0.1, 0.15) is 24.1 Å². The summed E-state index contributed by atoms with van der Waals surface area (Å²) in [4.78, 5) is 22.5. The molecule has 3 heterocycles. The largest absolute Gasteiger partial charge is 0.486 e. The summed E-state index contributed by atoms with van der Waals surface area (Å²) in [6.45, 7) is 15.2. The summed E-state index contributed by atoms with van der Waals surface area (Å²) in [5.74, 6) is 2.00. The van der Waals surface area contributed by atoms with Crippen molar-refractivity contribution in [2.45, 2.75) is 58.3 Å². The molecule has 178 valence electrons. The van der Waals surface area contributed by atoms with Gasteiger partial charge in [-0.3, -0.25) is 9.36 Å². The summed E-state index contributed by atoms with van der Waals surface area (Å²) in [5, 5.41) is 10.2. The maximum Gasteiger partial charge on any atom is 0.261 e. The second kappa shape index (κ2) is 9.92. The van der Waals surface area contributed by atoms with E-state index in [-0.39, 0.29) is 17.2 Å². The molecule has 1 amide bonds. The van der Waals surface area contributed by atoms with Crippen LogP contribution in [-0.2, 0) is 23.4 Å². The summed E-state index contributed by atoms with van der Waals surface area (Å²) in [5.41, 5.74) is 2.40. The lowest BCUT2D eigenvalue weighted by Crippen LogP contribution is -2.25. The molecule has 0 N–H and O–H groups in total. The summed E-state index contributed by atoms with van der Waals surface area (Å²) < 4.78 is 7.93. The zero-order valence-electron chi connectivity index (χ0n) is 20.2. The van der Waals surface area contributed by atoms with Crippen LogP contribution < -0.4 is 4.74 Å². The number of aliphatic imine (C=N–C) groups is 2. The number of carbonyl (C=O) groups excluding carboxylic acids is 1. The quantitative estimate of drug-likeness (QED) is 0.359. The van der Waals surface area contributed by atoms with Gasteiger partial charge in [-0.1, -0.05) is 62.5 Å². The summed E-state index contributed by atoms with van der Waals surface area (Å²) in [7, 11) is 0. The predicted molar refractivity (Wildman–Crippen MR) is 140 cm³/mol. The first-order valence-electron chi connectivity index (χ1n) is 11.1. The fraction of sp³-hybridized carbons (Fsp3) is 0.400. The van der Waals surface area contributed by atoms with Crippen LogP contribution in [0.1, 0.15) is 46.0 Å². The zero-order valence-corrected chi connectivity index (χ0v) is 21.8. The normalized spacial score (nSPS) is 18.0. The number of allylic oxidation sites excluding steroid dienone is 2. The number of nitrogens with zero attached hydrogens (tertiary/aromatic N) is 5. The molecule has 0 saturated heterocycles. The molecule has 1 aromatic carbocycles. The number of rotatable bonds is 8. The van der Waals surface area contributed by atoms with Gasteiger partial charge >= 0.3 is 0 Å². The van der Waals surface area contributed by atoms with Crippen molar-refractivity contribution in [2.24, 2.45) is 15.9 Å². The Kier molecular flexibility index (Phi) is 7.14. The third-order valence-corrected chi connectivity index (χ3v) is 7.87. The highest BCUT2D eigenvalue weighted by molar-refractivity contribution is 8.17. The molecule has 1 atom stereocenters. The number of amides is 1. The first-order valence-corrected chi connectivity index (χ1v) is 12.9. The molecule has 1 aromatic heterocycles. The van der Waals surface area contributed by atoms with Crippen LogP contribution >= 0.6 is 23.5 Å². The number of benzene rings is 1. The van der Waals surface area contributed by atoms with E-state index in [2.05, 4.69) is 59.7 Å². The Morgan fingerprint density at radius 3 is 2.59 bits per heavy atom. The lowest BCUT2D eigenvalue weighted by molar-refractivity contribution is -0.118. The van der Waals surface area contributed by atoms with Gasteiger partial charge in [0, 0.05) is 6.54 Å². The Balaban J connectivity index is 1.42. The van der Waals surface area contributed by atoms with Gasteiger partial charge in [0.05, 0.1) is 10.8 Å². The van der Waals surface area contributed by atoms with E-state index >= 15 is 0 Å². The Hall–Kier alpha value is -2.65. The number of fused-ring (bicyclic) bond motifs is 1. The van der Waals surface area contributed by atoms with E-state index in [0.29, 0.717) is 35.7 Å². The minimum Gasteiger partial charge on any atom is -0.486 e. The molecule has 0 aliphatic carbocycles. The van der Waals surface area contributed by atoms with E-state index in [1.54, 1.807) is 17.8 Å². The molecule has 0 bridgehead atoms. The lowest BCUT2D eigenvalue weighted by atomic mass is 9.87. The number of amidine groups is 1. The molecule has 34 heavy (non-hydrogen) atoms. The molecule has 0 spiro atoms. The van der Waals surface area contributed by atoms with Gasteiger partial charge in [-0.2, -0.15) is 4.99 Å². The van der Waals surface area contributed by atoms with Crippen LogP contribution in [0.2, 0.25) is 0 Å². The second-order valence-electron chi connectivity index (χ2n) is 9.24. The fourth-order valence-electron chi connectivity index (χ4n) is 3.64. The smallest absolute Gasteiger partial charge is 0.261 e. The monoisotopic (exact) mass is 495 g/mol. The highest BCUT2D eigenvalue weighted by atomic mass is 32.2. The van der Waals surface area contributed by atoms with Gasteiger partial charge in [-0.25, -0.2) is 4.99 Å². The zero-order chi connectivity index (χ0) is 24.5. The second-order valence-corrected chi connectivity index (χ2v) is 11.4. The number of hydrogen-bond acceptors (Lipinski definition) is 7.